The number of carbonyl (C=O) groups is 1. The van der Waals surface area contributed by atoms with E-state index < -0.39 is 0 Å². The zero-order valence-electron chi connectivity index (χ0n) is 5.18. The monoisotopic (exact) mass is 114 g/mol. The highest BCUT2D eigenvalue weighted by molar-refractivity contribution is 5.39. The third-order valence-electron chi connectivity index (χ3n) is 0.870. The predicted molar refractivity (Wildman–Crippen MR) is 31.2 cm³/mol. The molecule has 0 bridgehead atoms. The molecule has 2 nitrogen and oxygen atoms in total. The van der Waals surface area contributed by atoms with Crippen LogP contribution in [-0.4, -0.2) is 6.47 Å². The summed E-state index contributed by atoms with van der Waals surface area (Å²) in [7, 11) is 0. The zero-order valence-corrected chi connectivity index (χ0v) is 5.18. The van der Waals surface area contributed by atoms with Crippen LogP contribution < -0.4 is 0 Å². The highest BCUT2D eigenvalue weighted by Crippen LogP contribution is 1.98. The summed E-state index contributed by atoms with van der Waals surface area (Å²) in [6.45, 7) is 4.21. The molecular weight excluding hydrogens is 104 g/mol. The van der Waals surface area contributed by atoms with Crippen LogP contribution in [0.5, 0.6) is 0 Å². The molecule has 0 aromatic heterocycles. The Hall–Kier alpha value is -0.790. The fourth-order valence-corrected chi connectivity index (χ4v) is 0.417. The van der Waals surface area contributed by atoms with Crippen molar-refractivity contribution >= 4 is 6.47 Å². The summed E-state index contributed by atoms with van der Waals surface area (Å²) >= 11 is 0. The molecule has 0 aromatic rings. The molecule has 0 saturated carbocycles. The van der Waals surface area contributed by atoms with E-state index in [9.17, 15) is 4.79 Å². The van der Waals surface area contributed by atoms with Crippen LogP contribution in [0.15, 0.2) is 11.8 Å². The zero-order chi connectivity index (χ0) is 6.41. The van der Waals surface area contributed by atoms with Crippen molar-refractivity contribution < 1.29 is 9.53 Å². The first kappa shape index (κ1) is 7.21. The molecule has 0 unspecified atom stereocenters. The third kappa shape index (κ3) is 2.39. The van der Waals surface area contributed by atoms with Gasteiger partial charge in [-0.25, -0.2) is 0 Å². The van der Waals surface area contributed by atoms with Gasteiger partial charge in [0, 0.05) is 6.42 Å². The molecule has 0 rings (SSSR count). The number of allylic oxidation sites excluding steroid dienone is 2. The van der Waals surface area contributed by atoms with Crippen LogP contribution in [0, 0.1) is 0 Å². The highest BCUT2D eigenvalue weighted by Gasteiger charge is 1.86. The fraction of sp³-hybridized carbons (Fsp3) is 0.500. The van der Waals surface area contributed by atoms with Crippen molar-refractivity contribution in [3.8, 4) is 0 Å². The van der Waals surface area contributed by atoms with E-state index in [0.717, 1.165) is 12.2 Å². The molecule has 0 amide bonds. The van der Waals surface area contributed by atoms with E-state index in [1.165, 1.54) is 0 Å². The van der Waals surface area contributed by atoms with E-state index in [1.54, 1.807) is 6.08 Å². The Morgan fingerprint density at radius 2 is 2.38 bits per heavy atom. The molecule has 0 aliphatic rings. The minimum absolute atomic E-state index is 0.443. The van der Waals surface area contributed by atoms with Gasteiger partial charge in [0.1, 0.15) is 5.76 Å². The molecule has 0 atom stereocenters. The van der Waals surface area contributed by atoms with Gasteiger partial charge in [0.15, 0.2) is 0 Å². The van der Waals surface area contributed by atoms with E-state index in [-0.39, 0.29) is 0 Å². The van der Waals surface area contributed by atoms with E-state index >= 15 is 0 Å². The van der Waals surface area contributed by atoms with Crippen molar-refractivity contribution in [1.29, 1.82) is 0 Å². The van der Waals surface area contributed by atoms with Gasteiger partial charge in [-0.05, 0) is 13.0 Å². The van der Waals surface area contributed by atoms with Crippen molar-refractivity contribution in [2.75, 3.05) is 0 Å². The predicted octanol–water partition coefficient (Wildman–Crippen LogP) is 1.47. The molecule has 0 saturated heterocycles. The van der Waals surface area contributed by atoms with Gasteiger partial charge >= 0.3 is 0 Å². The Morgan fingerprint density at radius 3 is 2.50 bits per heavy atom. The minimum atomic E-state index is 0.443. The first-order valence-electron chi connectivity index (χ1n) is 2.60. The Morgan fingerprint density at radius 1 is 1.75 bits per heavy atom. The molecule has 0 N–H and O–H groups in total. The van der Waals surface area contributed by atoms with E-state index in [1.807, 2.05) is 13.8 Å². The first-order chi connectivity index (χ1) is 3.85. The van der Waals surface area contributed by atoms with Crippen molar-refractivity contribution in [1.82, 2.24) is 0 Å². The lowest BCUT2D eigenvalue weighted by molar-refractivity contribution is -0.125. The summed E-state index contributed by atoms with van der Waals surface area (Å²) < 4.78 is 4.52. The maximum Gasteiger partial charge on any atom is 0.298 e. The Bertz CT molecular complexity index is 94.7. The molecule has 0 radical (unpaired) electrons. The molecule has 0 heterocycles. The van der Waals surface area contributed by atoms with Gasteiger partial charge in [-0.15, -0.1) is 0 Å². The molecule has 0 spiro atoms. The maximum absolute atomic E-state index is 9.67. The average molecular weight is 114 g/mol. The van der Waals surface area contributed by atoms with Gasteiger partial charge in [-0.1, -0.05) is 6.92 Å². The first-order valence-corrected chi connectivity index (χ1v) is 2.60. The molecule has 46 valence electrons. The van der Waals surface area contributed by atoms with Crippen LogP contribution in [0.4, 0.5) is 0 Å². The van der Waals surface area contributed by atoms with Crippen LogP contribution in [0.1, 0.15) is 20.3 Å². The van der Waals surface area contributed by atoms with Crippen molar-refractivity contribution in [2.45, 2.75) is 20.3 Å². The Labute approximate surface area is 49.1 Å². The second-order valence-corrected chi connectivity index (χ2v) is 1.32. The van der Waals surface area contributed by atoms with Crippen LogP contribution in [0.25, 0.3) is 0 Å². The summed E-state index contributed by atoms with van der Waals surface area (Å²) in [6.07, 6.45) is 2.55. The summed E-state index contributed by atoms with van der Waals surface area (Å²) in [5, 5.41) is 0. The van der Waals surface area contributed by atoms with Gasteiger partial charge in [-0.3, -0.25) is 4.79 Å². The lowest BCUT2D eigenvalue weighted by atomic mass is 10.4. The molecule has 0 fully saturated rings. The van der Waals surface area contributed by atoms with Gasteiger partial charge < -0.3 is 4.74 Å². The number of carbonyl (C=O) groups excluding carboxylic acids is 1. The normalized spacial score (nSPS) is 11.0. The SMILES string of the molecule is CC=C(CC)OC=O. The van der Waals surface area contributed by atoms with Crippen molar-refractivity contribution in [2.24, 2.45) is 0 Å². The minimum Gasteiger partial charge on any atom is -0.434 e. The van der Waals surface area contributed by atoms with Gasteiger partial charge in [0.2, 0.25) is 0 Å². The third-order valence-corrected chi connectivity index (χ3v) is 0.870. The summed E-state index contributed by atoms with van der Waals surface area (Å²) in [6, 6.07) is 0. The van der Waals surface area contributed by atoms with Gasteiger partial charge in [-0.2, -0.15) is 0 Å². The molecule has 0 aliphatic carbocycles. The molecule has 0 aromatic carbocycles. The number of ether oxygens (including phenoxy) is 1. The van der Waals surface area contributed by atoms with Gasteiger partial charge in [0.25, 0.3) is 6.47 Å². The lowest BCUT2D eigenvalue weighted by Crippen LogP contribution is -1.85. The summed E-state index contributed by atoms with van der Waals surface area (Å²) in [4.78, 5) is 9.67. The lowest BCUT2D eigenvalue weighted by Gasteiger charge is -1.95. The van der Waals surface area contributed by atoms with Crippen LogP contribution in [0.2, 0.25) is 0 Å². The number of rotatable bonds is 3. The quantitative estimate of drug-likeness (QED) is 0.410. The van der Waals surface area contributed by atoms with Gasteiger partial charge in [0.05, 0.1) is 0 Å². The topological polar surface area (TPSA) is 26.3 Å². The molecule has 0 aliphatic heterocycles. The maximum atomic E-state index is 9.67. The highest BCUT2D eigenvalue weighted by atomic mass is 16.5. The Kier molecular flexibility index (Phi) is 3.94. The van der Waals surface area contributed by atoms with E-state index in [0.29, 0.717) is 6.47 Å². The van der Waals surface area contributed by atoms with Crippen LogP contribution >= 0.6 is 0 Å². The Balaban J connectivity index is 3.53. The molecule has 8 heavy (non-hydrogen) atoms. The number of hydrogen-bond donors (Lipinski definition) is 0. The van der Waals surface area contributed by atoms with E-state index in [2.05, 4.69) is 4.74 Å². The molecule has 2 heteroatoms. The van der Waals surface area contributed by atoms with Crippen molar-refractivity contribution in [3.63, 3.8) is 0 Å². The fourth-order valence-electron chi connectivity index (χ4n) is 0.417. The summed E-state index contributed by atoms with van der Waals surface area (Å²) in [5.74, 6) is 0.722. The van der Waals surface area contributed by atoms with E-state index in [4.69, 9.17) is 0 Å². The second kappa shape index (κ2) is 4.37. The van der Waals surface area contributed by atoms with Crippen LogP contribution in [0.3, 0.4) is 0 Å². The molecular formula is C6H10O2. The van der Waals surface area contributed by atoms with Crippen molar-refractivity contribution in [3.05, 3.63) is 11.8 Å². The second-order valence-electron chi connectivity index (χ2n) is 1.32. The largest absolute Gasteiger partial charge is 0.434 e. The standard InChI is InChI=1S/C6H10O2/c1-3-6(4-2)8-5-7/h3,5H,4H2,1-2H3. The average Bonchev–Trinajstić information content (AvgIpc) is 1.83. The smallest absolute Gasteiger partial charge is 0.298 e. The number of hydrogen-bond acceptors (Lipinski definition) is 2. The van der Waals surface area contributed by atoms with Crippen LogP contribution in [-0.2, 0) is 9.53 Å². The summed E-state index contributed by atoms with van der Waals surface area (Å²) in [5.41, 5.74) is 0.